The molecule has 1 atom stereocenters. The van der Waals surface area contributed by atoms with Crippen LogP contribution in [0.3, 0.4) is 0 Å². The minimum Gasteiger partial charge on any atom is -0.377 e. The smallest absolute Gasteiger partial charge is 0.0900 e. The first-order valence-electron chi connectivity index (χ1n) is 5.94. The van der Waals surface area contributed by atoms with Gasteiger partial charge in [-0.1, -0.05) is 22.0 Å². The number of hydrogen-bond acceptors (Lipinski definition) is 3. The second-order valence-electron chi connectivity index (χ2n) is 4.46. The average molecular weight is 325 g/mol. The molecule has 2 rings (SSSR count). The minimum absolute atomic E-state index is 0.282. The van der Waals surface area contributed by atoms with Crippen LogP contribution in [0.15, 0.2) is 22.7 Å². The van der Waals surface area contributed by atoms with Gasteiger partial charge in [0.2, 0.25) is 0 Å². The molecule has 0 bridgehead atoms. The number of benzene rings is 1. The fourth-order valence-corrected chi connectivity index (χ4v) is 3.31. The van der Waals surface area contributed by atoms with Gasteiger partial charge in [-0.05, 0) is 45.4 Å². The van der Waals surface area contributed by atoms with E-state index in [9.17, 15) is 0 Å². The van der Waals surface area contributed by atoms with Crippen LogP contribution in [-0.4, -0.2) is 4.98 Å². The Morgan fingerprint density at radius 1 is 1.28 bits per heavy atom. The highest BCUT2D eigenvalue weighted by molar-refractivity contribution is 9.10. The van der Waals surface area contributed by atoms with Crippen molar-refractivity contribution < 1.29 is 0 Å². The summed E-state index contributed by atoms with van der Waals surface area (Å²) in [6, 6.07) is 6.51. The number of hydrogen-bond donors (Lipinski definition) is 1. The van der Waals surface area contributed by atoms with Crippen LogP contribution in [-0.2, 0) is 0 Å². The maximum absolute atomic E-state index is 4.48. The van der Waals surface area contributed by atoms with E-state index in [0.717, 1.165) is 15.2 Å². The summed E-state index contributed by atoms with van der Waals surface area (Å²) < 4.78 is 1.14. The van der Waals surface area contributed by atoms with Crippen LogP contribution in [0.4, 0.5) is 5.69 Å². The lowest BCUT2D eigenvalue weighted by Crippen LogP contribution is -2.07. The van der Waals surface area contributed by atoms with E-state index in [1.54, 1.807) is 11.3 Å². The summed E-state index contributed by atoms with van der Waals surface area (Å²) in [7, 11) is 0. The van der Waals surface area contributed by atoms with Crippen molar-refractivity contribution in [3.8, 4) is 0 Å². The van der Waals surface area contributed by atoms with Crippen molar-refractivity contribution in [1.29, 1.82) is 0 Å². The highest BCUT2D eigenvalue weighted by atomic mass is 79.9. The van der Waals surface area contributed by atoms with Crippen LogP contribution >= 0.6 is 27.3 Å². The molecule has 0 saturated carbocycles. The Morgan fingerprint density at radius 2 is 2.00 bits per heavy atom. The molecule has 2 nitrogen and oxygen atoms in total. The fraction of sp³-hybridized carbons (Fsp3) is 0.357. The maximum Gasteiger partial charge on any atom is 0.0900 e. The van der Waals surface area contributed by atoms with Crippen molar-refractivity contribution in [2.75, 3.05) is 5.32 Å². The van der Waals surface area contributed by atoms with Crippen molar-refractivity contribution in [3.63, 3.8) is 0 Å². The molecule has 2 aromatic rings. The molecule has 0 aliphatic heterocycles. The molecule has 0 amide bonds. The molecule has 0 aliphatic carbocycles. The molecule has 0 radical (unpaired) electrons. The molecule has 0 fully saturated rings. The molecule has 1 aromatic carbocycles. The average Bonchev–Trinajstić information content (AvgIpc) is 2.64. The van der Waals surface area contributed by atoms with E-state index in [2.05, 4.69) is 72.1 Å². The monoisotopic (exact) mass is 324 g/mol. The Labute approximate surface area is 121 Å². The van der Waals surface area contributed by atoms with Crippen molar-refractivity contribution in [2.24, 2.45) is 0 Å². The molecule has 4 heteroatoms. The van der Waals surface area contributed by atoms with Gasteiger partial charge in [0.05, 0.1) is 16.7 Å². The molecule has 96 valence electrons. The summed E-state index contributed by atoms with van der Waals surface area (Å²) in [6.45, 7) is 8.42. The zero-order chi connectivity index (χ0) is 13.3. The largest absolute Gasteiger partial charge is 0.377 e. The van der Waals surface area contributed by atoms with E-state index in [1.807, 2.05) is 0 Å². The van der Waals surface area contributed by atoms with Crippen LogP contribution in [0.5, 0.6) is 0 Å². The third kappa shape index (κ3) is 2.75. The second-order valence-corrected chi connectivity index (χ2v) is 6.55. The van der Waals surface area contributed by atoms with Gasteiger partial charge in [0.15, 0.2) is 0 Å². The predicted octanol–water partition coefficient (Wildman–Crippen LogP) is 5.00. The van der Waals surface area contributed by atoms with Crippen LogP contribution in [0, 0.1) is 20.8 Å². The third-order valence-electron chi connectivity index (χ3n) is 2.97. The van der Waals surface area contributed by atoms with Gasteiger partial charge in [-0.2, -0.15) is 0 Å². The third-order valence-corrected chi connectivity index (χ3v) is 5.09. The summed E-state index contributed by atoms with van der Waals surface area (Å²) in [5.74, 6) is 0. The number of aryl methyl sites for hydroxylation is 2. The molecule has 1 aromatic heterocycles. The number of nitrogens with zero attached hydrogens (tertiary/aromatic N) is 1. The van der Waals surface area contributed by atoms with Crippen molar-refractivity contribution in [3.05, 3.63) is 43.8 Å². The van der Waals surface area contributed by atoms with Gasteiger partial charge in [-0.15, -0.1) is 11.3 Å². The lowest BCUT2D eigenvalue weighted by molar-refractivity contribution is 0.887. The fourth-order valence-electron chi connectivity index (χ4n) is 2.01. The molecular formula is C14H17BrN2S. The van der Waals surface area contributed by atoms with Gasteiger partial charge >= 0.3 is 0 Å². The molecule has 0 spiro atoms. The van der Waals surface area contributed by atoms with Crippen molar-refractivity contribution in [2.45, 2.75) is 33.7 Å². The van der Waals surface area contributed by atoms with E-state index >= 15 is 0 Å². The molecule has 0 saturated heterocycles. The van der Waals surface area contributed by atoms with E-state index in [0.29, 0.717) is 0 Å². The van der Waals surface area contributed by atoms with E-state index in [4.69, 9.17) is 0 Å². The molecule has 1 N–H and O–H groups in total. The Hall–Kier alpha value is -0.870. The van der Waals surface area contributed by atoms with Gasteiger partial charge in [0.1, 0.15) is 0 Å². The van der Waals surface area contributed by atoms with Gasteiger partial charge in [-0.25, -0.2) is 4.98 Å². The number of rotatable bonds is 3. The zero-order valence-electron chi connectivity index (χ0n) is 11.0. The summed E-state index contributed by atoms with van der Waals surface area (Å²) in [5, 5.41) is 4.69. The number of thiazole rings is 1. The molecule has 0 aliphatic rings. The number of anilines is 1. The van der Waals surface area contributed by atoms with E-state index in [1.165, 1.54) is 16.1 Å². The van der Waals surface area contributed by atoms with Gasteiger partial charge in [-0.3, -0.25) is 0 Å². The highest BCUT2D eigenvalue weighted by Gasteiger charge is 2.13. The van der Waals surface area contributed by atoms with Gasteiger partial charge in [0, 0.05) is 15.0 Å². The van der Waals surface area contributed by atoms with Gasteiger partial charge < -0.3 is 5.32 Å². The first kappa shape index (κ1) is 13.6. The highest BCUT2D eigenvalue weighted by Crippen LogP contribution is 2.30. The van der Waals surface area contributed by atoms with Crippen LogP contribution in [0.2, 0.25) is 0 Å². The minimum atomic E-state index is 0.282. The molecule has 18 heavy (non-hydrogen) atoms. The molecule has 1 heterocycles. The Bertz CT molecular complexity index is 563. The summed E-state index contributed by atoms with van der Waals surface area (Å²) in [4.78, 5) is 5.79. The molecule has 1 unspecified atom stereocenters. The summed E-state index contributed by atoms with van der Waals surface area (Å²) in [5.41, 5.74) is 3.54. The number of halogens is 1. The van der Waals surface area contributed by atoms with E-state index in [-0.39, 0.29) is 6.04 Å². The number of nitrogens with one attached hydrogen (secondary N) is 1. The standard InChI is InChI=1S/C14H17BrN2S/c1-8-12(15)6-5-7-13(8)17-10(3)14-9(2)16-11(4)18-14/h5-7,10,17H,1-4H3. The Morgan fingerprint density at radius 3 is 2.61 bits per heavy atom. The SMILES string of the molecule is Cc1nc(C)c(C(C)Nc2cccc(Br)c2C)s1. The first-order chi connectivity index (χ1) is 8.49. The number of aromatic nitrogens is 1. The lowest BCUT2D eigenvalue weighted by Gasteiger charge is -2.17. The topological polar surface area (TPSA) is 24.9 Å². The van der Waals surface area contributed by atoms with Crippen molar-refractivity contribution in [1.82, 2.24) is 4.98 Å². The van der Waals surface area contributed by atoms with Crippen LogP contribution in [0.25, 0.3) is 0 Å². The second kappa shape index (κ2) is 5.41. The lowest BCUT2D eigenvalue weighted by atomic mass is 10.1. The quantitative estimate of drug-likeness (QED) is 0.858. The Kier molecular flexibility index (Phi) is 4.07. The van der Waals surface area contributed by atoms with Crippen LogP contribution < -0.4 is 5.32 Å². The first-order valence-corrected chi connectivity index (χ1v) is 7.55. The molecular weight excluding hydrogens is 308 g/mol. The van der Waals surface area contributed by atoms with E-state index < -0.39 is 0 Å². The maximum atomic E-state index is 4.48. The van der Waals surface area contributed by atoms with Gasteiger partial charge in [0.25, 0.3) is 0 Å². The normalized spacial score (nSPS) is 12.5. The van der Waals surface area contributed by atoms with Crippen LogP contribution in [0.1, 0.15) is 34.1 Å². The zero-order valence-corrected chi connectivity index (χ0v) is 13.4. The summed E-state index contributed by atoms with van der Waals surface area (Å²) in [6.07, 6.45) is 0. The summed E-state index contributed by atoms with van der Waals surface area (Å²) >= 11 is 5.33. The predicted molar refractivity (Wildman–Crippen MR) is 82.5 cm³/mol. The Balaban J connectivity index is 2.24. The van der Waals surface area contributed by atoms with Crippen molar-refractivity contribution >= 4 is 33.0 Å².